The topological polar surface area (TPSA) is 182 Å². The number of aliphatic hydroxyl groups is 1. The van der Waals surface area contributed by atoms with Gasteiger partial charge in [-0.3, -0.25) is 24.5 Å². The van der Waals surface area contributed by atoms with Crippen molar-refractivity contribution in [1.82, 2.24) is 15.5 Å². The molecule has 4 amide bonds. The molecule has 2 unspecified atom stereocenters. The molecule has 16 heteroatoms. The number of benzene rings is 3. The summed E-state index contributed by atoms with van der Waals surface area (Å²) in [6, 6.07) is 17.5. The molecule has 0 aromatic heterocycles. The van der Waals surface area contributed by atoms with Crippen molar-refractivity contribution in [1.29, 1.82) is 5.26 Å². The van der Waals surface area contributed by atoms with Crippen molar-refractivity contribution in [2.45, 2.75) is 50.4 Å². The van der Waals surface area contributed by atoms with Crippen molar-refractivity contribution in [3.05, 3.63) is 83.4 Å². The van der Waals surface area contributed by atoms with Gasteiger partial charge in [-0.25, -0.2) is 0 Å². The first-order chi connectivity index (χ1) is 25.2. The Morgan fingerprint density at radius 3 is 2.30 bits per heavy atom. The second-order valence-electron chi connectivity index (χ2n) is 12.6. The van der Waals surface area contributed by atoms with Crippen LogP contribution in [0.25, 0.3) is 0 Å². The highest BCUT2D eigenvalue weighted by molar-refractivity contribution is 6.01. The summed E-state index contributed by atoms with van der Waals surface area (Å²) in [4.78, 5) is 50.1. The second-order valence-corrected chi connectivity index (χ2v) is 12.6. The molecule has 53 heavy (non-hydrogen) atoms. The lowest BCUT2D eigenvalue weighted by molar-refractivity contribution is -0.144. The molecule has 3 aromatic rings. The average molecular weight is 739 g/mol. The Labute approximate surface area is 304 Å². The summed E-state index contributed by atoms with van der Waals surface area (Å²) in [6.07, 6.45) is -3.40. The number of hydrogen-bond acceptors (Lipinski definition) is 10. The van der Waals surface area contributed by atoms with Gasteiger partial charge < -0.3 is 35.4 Å². The third-order valence-electron chi connectivity index (χ3n) is 8.31. The van der Waals surface area contributed by atoms with Crippen LogP contribution in [0.5, 0.6) is 11.5 Å². The van der Waals surface area contributed by atoms with Crippen molar-refractivity contribution in [2.24, 2.45) is 0 Å². The Hall–Kier alpha value is -5.66. The van der Waals surface area contributed by atoms with E-state index >= 15 is 0 Å². The third kappa shape index (κ3) is 11.9. The maximum atomic E-state index is 13.2. The Kier molecular flexibility index (Phi) is 13.8. The van der Waals surface area contributed by atoms with Crippen LogP contribution in [0.4, 0.5) is 24.5 Å². The van der Waals surface area contributed by atoms with Gasteiger partial charge in [-0.1, -0.05) is 12.1 Å². The SMILES string of the molecule is CN(C(=O)Cc1ccc(OCCCNCCNc2ccc(OCC(C)(O)C(=O)Nc3ccc(C#N)c(C(F)(F)F)c3)cc2)cc1)C1CCC(=O)NC1=O. The molecule has 0 spiro atoms. The summed E-state index contributed by atoms with van der Waals surface area (Å²) in [5.74, 6) is -0.944. The lowest BCUT2D eigenvalue weighted by Gasteiger charge is -2.29. The predicted octanol–water partition coefficient (Wildman–Crippen LogP) is 3.62. The molecule has 5 N–H and O–H groups in total. The van der Waals surface area contributed by atoms with Crippen LogP contribution in [0, 0.1) is 11.3 Å². The summed E-state index contributed by atoms with van der Waals surface area (Å²) in [6.45, 7) is 3.21. The monoisotopic (exact) mass is 738 g/mol. The number of nitrogens with one attached hydrogen (secondary N) is 4. The molecule has 0 bridgehead atoms. The fraction of sp³-hybridized carbons (Fsp3) is 0.378. The minimum absolute atomic E-state index is 0.124. The first-order valence-electron chi connectivity index (χ1n) is 16.8. The van der Waals surface area contributed by atoms with Crippen molar-refractivity contribution >= 4 is 35.0 Å². The quantitative estimate of drug-likeness (QED) is 0.101. The highest BCUT2D eigenvalue weighted by Crippen LogP contribution is 2.33. The Morgan fingerprint density at radius 1 is 0.981 bits per heavy atom. The maximum Gasteiger partial charge on any atom is 0.417 e. The molecule has 13 nitrogen and oxygen atoms in total. The molecule has 0 aliphatic carbocycles. The van der Waals surface area contributed by atoms with Gasteiger partial charge in [0.1, 0.15) is 24.1 Å². The summed E-state index contributed by atoms with van der Waals surface area (Å²) >= 11 is 0. The molecule has 4 rings (SSSR count). The number of alkyl halides is 3. The largest absolute Gasteiger partial charge is 0.494 e. The van der Waals surface area contributed by atoms with Gasteiger partial charge in [0, 0.05) is 37.9 Å². The zero-order chi connectivity index (χ0) is 38.6. The molecule has 282 valence electrons. The smallest absolute Gasteiger partial charge is 0.417 e. The van der Waals surface area contributed by atoms with E-state index in [1.807, 2.05) is 0 Å². The molecule has 1 heterocycles. The Bertz CT molecular complexity index is 1790. The van der Waals surface area contributed by atoms with E-state index in [2.05, 4.69) is 21.3 Å². The molecule has 1 saturated heterocycles. The molecular weight excluding hydrogens is 697 g/mol. The second kappa shape index (κ2) is 18.2. The molecule has 1 aliphatic heterocycles. The van der Waals surface area contributed by atoms with Crippen LogP contribution in [0.2, 0.25) is 0 Å². The van der Waals surface area contributed by atoms with Gasteiger partial charge in [0.2, 0.25) is 17.7 Å². The van der Waals surface area contributed by atoms with Crippen LogP contribution in [-0.4, -0.2) is 85.2 Å². The van der Waals surface area contributed by atoms with Crippen molar-refractivity contribution in [3.63, 3.8) is 0 Å². The Balaban J connectivity index is 1.08. The number of nitrogens with zero attached hydrogens (tertiary/aromatic N) is 2. The first-order valence-corrected chi connectivity index (χ1v) is 16.8. The van der Waals surface area contributed by atoms with Crippen LogP contribution < -0.4 is 30.7 Å². The number of carbonyl (C=O) groups excluding carboxylic acids is 4. The number of hydrogen-bond donors (Lipinski definition) is 5. The molecule has 1 fully saturated rings. The maximum absolute atomic E-state index is 13.2. The third-order valence-corrected chi connectivity index (χ3v) is 8.31. The van der Waals surface area contributed by atoms with Gasteiger partial charge in [-0.2, -0.15) is 18.4 Å². The van der Waals surface area contributed by atoms with Crippen LogP contribution in [0.1, 0.15) is 42.9 Å². The van der Waals surface area contributed by atoms with Gasteiger partial charge >= 0.3 is 6.18 Å². The van der Waals surface area contributed by atoms with E-state index in [9.17, 15) is 37.5 Å². The van der Waals surface area contributed by atoms with Gasteiger partial charge in [0.25, 0.3) is 5.91 Å². The van der Waals surface area contributed by atoms with Crippen LogP contribution >= 0.6 is 0 Å². The van der Waals surface area contributed by atoms with E-state index in [0.29, 0.717) is 43.7 Å². The van der Waals surface area contributed by atoms with E-state index in [1.165, 1.54) is 17.9 Å². The van der Waals surface area contributed by atoms with E-state index < -0.39 is 47.4 Å². The Morgan fingerprint density at radius 2 is 1.64 bits per heavy atom. The number of nitriles is 1. The number of carbonyl (C=O) groups is 4. The molecule has 3 aromatic carbocycles. The standard InChI is InChI=1S/C37H41F3N6O7/c1-36(51,35(50)44-27-7-6-25(22-41)30(21-27)37(38,39)40)23-53-29-12-8-26(9-13-29)43-18-17-42-16-3-19-52-28-10-4-24(5-11-28)20-33(48)46(2)31-14-15-32(47)45-34(31)49/h4-13,21,31,42-43,51H,3,14-20,23H2,1-2H3,(H,44,50)(H,45,47,49). The van der Waals surface area contributed by atoms with Crippen LogP contribution in [-0.2, 0) is 31.8 Å². The lowest BCUT2D eigenvalue weighted by atomic mass is 10.0. The summed E-state index contributed by atoms with van der Waals surface area (Å²) in [5.41, 5.74) is -2.50. The fourth-order valence-electron chi connectivity index (χ4n) is 5.21. The van der Waals surface area contributed by atoms with Gasteiger partial charge in [-0.15, -0.1) is 0 Å². The van der Waals surface area contributed by atoms with Crippen molar-refractivity contribution in [3.8, 4) is 17.6 Å². The van der Waals surface area contributed by atoms with Crippen LogP contribution in [0.3, 0.4) is 0 Å². The number of ether oxygens (including phenoxy) is 2. The number of halogens is 3. The molecule has 1 aliphatic rings. The summed E-state index contributed by atoms with van der Waals surface area (Å²) < 4.78 is 51.1. The summed E-state index contributed by atoms with van der Waals surface area (Å²) in [7, 11) is 1.57. The fourth-order valence-corrected chi connectivity index (χ4v) is 5.21. The first kappa shape index (κ1) is 40.1. The average Bonchev–Trinajstić information content (AvgIpc) is 3.12. The predicted molar refractivity (Wildman–Crippen MR) is 188 cm³/mol. The van der Waals surface area contributed by atoms with Gasteiger partial charge in [0.15, 0.2) is 5.60 Å². The number of rotatable bonds is 17. The summed E-state index contributed by atoms with van der Waals surface area (Å²) in [5, 5.41) is 30.6. The van der Waals surface area contributed by atoms with E-state index in [-0.39, 0.29) is 30.3 Å². The lowest BCUT2D eigenvalue weighted by Crippen LogP contribution is -2.53. The normalized spacial score (nSPS) is 15.4. The van der Waals surface area contributed by atoms with Gasteiger partial charge in [0.05, 0.1) is 30.2 Å². The zero-order valence-corrected chi connectivity index (χ0v) is 29.2. The van der Waals surface area contributed by atoms with Crippen LogP contribution in [0.15, 0.2) is 66.7 Å². The minimum atomic E-state index is -4.79. The molecule has 0 radical (unpaired) electrons. The number of anilines is 2. The van der Waals surface area contributed by atoms with E-state index in [1.54, 1.807) is 55.6 Å². The number of likely N-dealkylation sites (N-methyl/N-ethyl adjacent to an activating group) is 1. The highest BCUT2D eigenvalue weighted by Gasteiger charge is 2.36. The van der Waals surface area contributed by atoms with Crippen molar-refractivity contribution < 1.29 is 46.9 Å². The number of amides is 4. The highest BCUT2D eigenvalue weighted by atomic mass is 19.4. The zero-order valence-electron chi connectivity index (χ0n) is 29.2. The van der Waals surface area contributed by atoms with E-state index in [0.717, 1.165) is 36.3 Å². The molecule has 2 atom stereocenters. The van der Waals surface area contributed by atoms with Crippen molar-refractivity contribution in [2.75, 3.05) is 50.5 Å². The minimum Gasteiger partial charge on any atom is -0.494 e. The number of piperidine rings is 1. The molecule has 0 saturated carbocycles. The molecular formula is C37H41F3N6O7. The van der Waals surface area contributed by atoms with Gasteiger partial charge in [-0.05, 0) is 86.5 Å². The number of imide groups is 1. The van der Waals surface area contributed by atoms with E-state index in [4.69, 9.17) is 14.7 Å².